The molecule has 0 aromatic rings. The third-order valence-corrected chi connectivity index (χ3v) is 11.7. The predicted molar refractivity (Wildman–Crippen MR) is 131 cm³/mol. The molecule has 4 fully saturated rings. The van der Waals surface area contributed by atoms with E-state index in [1.165, 1.54) is 24.8 Å². The van der Waals surface area contributed by atoms with Gasteiger partial charge in [-0.2, -0.15) is 0 Å². The van der Waals surface area contributed by atoms with Gasteiger partial charge in [-0.25, -0.2) is 0 Å². The van der Waals surface area contributed by atoms with Crippen molar-refractivity contribution in [3.63, 3.8) is 0 Å². The minimum absolute atomic E-state index is 0.0345. The van der Waals surface area contributed by atoms with E-state index < -0.39 is 0 Å². The first-order chi connectivity index (χ1) is 15.3. The fourth-order valence-corrected chi connectivity index (χ4v) is 9.63. The Balaban J connectivity index is 1.47. The van der Waals surface area contributed by atoms with Crippen LogP contribution >= 0.6 is 0 Å². The molecule has 5 rings (SSSR count). The zero-order chi connectivity index (χ0) is 24.0. The number of hydrogen-bond acceptors (Lipinski definition) is 3. The van der Waals surface area contributed by atoms with Crippen molar-refractivity contribution in [3.8, 4) is 0 Å². The molecule has 3 heteroatoms. The number of ether oxygens (including phenoxy) is 1. The highest BCUT2D eigenvalue weighted by Gasteiger charge is 2.66. The first kappa shape index (κ1) is 23.4. The molecule has 0 radical (unpaired) electrons. The summed E-state index contributed by atoms with van der Waals surface area (Å²) in [5.74, 6) is 1.96. The van der Waals surface area contributed by atoms with Crippen LogP contribution in [0.25, 0.3) is 0 Å². The van der Waals surface area contributed by atoms with Gasteiger partial charge in [-0.1, -0.05) is 51.8 Å². The Hall–Kier alpha value is -1.38. The number of carbonyl (C=O) groups excluding carboxylic acids is 2. The van der Waals surface area contributed by atoms with Crippen LogP contribution in [0.1, 0.15) is 99.8 Å². The molecule has 1 saturated heterocycles. The third kappa shape index (κ3) is 3.05. The Morgan fingerprint density at radius 1 is 1.03 bits per heavy atom. The van der Waals surface area contributed by atoms with Crippen LogP contribution in [0.15, 0.2) is 23.3 Å². The molecule has 1 heterocycles. The van der Waals surface area contributed by atoms with Gasteiger partial charge in [0.15, 0.2) is 0 Å². The topological polar surface area (TPSA) is 43.4 Å². The van der Waals surface area contributed by atoms with E-state index in [9.17, 15) is 9.59 Å². The molecule has 0 aromatic carbocycles. The van der Waals surface area contributed by atoms with Gasteiger partial charge in [-0.15, -0.1) is 0 Å². The van der Waals surface area contributed by atoms with Gasteiger partial charge in [0.25, 0.3) is 0 Å². The number of fused-ring (bicyclic) bond motifs is 5. The maximum absolute atomic E-state index is 13.0. The molecule has 3 saturated carbocycles. The number of carbonyl (C=O) groups is 2. The summed E-state index contributed by atoms with van der Waals surface area (Å²) in [6.07, 6.45) is 13.0. The molecule has 0 unspecified atom stereocenters. The lowest BCUT2D eigenvalue weighted by atomic mass is 9.41. The number of allylic oxidation sites excluding steroid dienone is 3. The Labute approximate surface area is 200 Å². The minimum Gasteiger partial charge on any atom is -0.458 e. The smallest absolute Gasteiger partial charge is 0.309 e. The summed E-state index contributed by atoms with van der Waals surface area (Å²) in [6, 6.07) is 0. The largest absolute Gasteiger partial charge is 0.458 e. The van der Waals surface area contributed by atoms with Gasteiger partial charge in [0.1, 0.15) is 11.9 Å². The molecule has 0 amide bonds. The number of Topliss-reactive ketones (excluding diaryl/α,β-unsaturated/α-hetero) is 1. The van der Waals surface area contributed by atoms with E-state index in [-0.39, 0.29) is 39.7 Å². The van der Waals surface area contributed by atoms with E-state index in [1.54, 1.807) is 5.57 Å². The van der Waals surface area contributed by atoms with Gasteiger partial charge < -0.3 is 4.74 Å². The number of esters is 1. The summed E-state index contributed by atoms with van der Waals surface area (Å²) in [7, 11) is 0. The standard InChI is InChI=1S/C30H44O3/c1-18(2)16-19-17-20(26(32)33-19)21-10-14-30(7)23-8-9-24-27(3,4)25(31)12-13-28(24,5)22(23)11-15-29(21,30)6/h8,16,19-22,24H,9-15,17H2,1-7H3/t19-,20+,21+,22+,24+,28-,29+,30-/m1/s1. The van der Waals surface area contributed by atoms with Crippen molar-refractivity contribution >= 4 is 11.8 Å². The average molecular weight is 453 g/mol. The van der Waals surface area contributed by atoms with Gasteiger partial charge in [0, 0.05) is 18.3 Å². The fourth-order valence-electron chi connectivity index (χ4n) is 9.63. The molecule has 1 aliphatic heterocycles. The maximum atomic E-state index is 13.0. The third-order valence-electron chi connectivity index (χ3n) is 11.7. The Morgan fingerprint density at radius 3 is 2.45 bits per heavy atom. The molecule has 0 spiro atoms. The van der Waals surface area contributed by atoms with Crippen molar-refractivity contribution in [1.29, 1.82) is 0 Å². The Morgan fingerprint density at radius 2 is 1.76 bits per heavy atom. The van der Waals surface area contributed by atoms with Crippen LogP contribution in [0.5, 0.6) is 0 Å². The van der Waals surface area contributed by atoms with E-state index in [2.05, 4.69) is 60.6 Å². The minimum atomic E-state index is -0.220. The van der Waals surface area contributed by atoms with Crippen LogP contribution in [-0.4, -0.2) is 17.9 Å². The van der Waals surface area contributed by atoms with E-state index in [4.69, 9.17) is 4.74 Å². The second kappa shape index (κ2) is 7.31. The number of cyclic esters (lactones) is 1. The molecule has 3 nitrogen and oxygen atoms in total. The first-order valence-corrected chi connectivity index (χ1v) is 13.4. The zero-order valence-electron chi connectivity index (χ0n) is 21.9. The van der Waals surface area contributed by atoms with Crippen molar-refractivity contribution < 1.29 is 14.3 Å². The summed E-state index contributed by atoms with van der Waals surface area (Å²) in [4.78, 5) is 25.8. The quantitative estimate of drug-likeness (QED) is 0.333. The lowest BCUT2D eigenvalue weighted by molar-refractivity contribution is -0.148. The Kier molecular flexibility index (Phi) is 5.18. The number of rotatable bonds is 2. The molecule has 182 valence electrons. The summed E-state index contributed by atoms with van der Waals surface area (Å²) in [5.41, 5.74) is 3.18. The molecule has 0 bridgehead atoms. The average Bonchev–Trinajstić information content (AvgIpc) is 3.20. The van der Waals surface area contributed by atoms with Crippen molar-refractivity contribution in [2.24, 2.45) is 45.3 Å². The summed E-state index contributed by atoms with van der Waals surface area (Å²) < 4.78 is 5.82. The summed E-state index contributed by atoms with van der Waals surface area (Å²) >= 11 is 0. The zero-order valence-corrected chi connectivity index (χ0v) is 21.9. The fraction of sp³-hybridized carbons (Fsp3) is 0.800. The van der Waals surface area contributed by atoms with E-state index in [1.807, 2.05) is 0 Å². The molecule has 0 aromatic heterocycles. The maximum Gasteiger partial charge on any atom is 0.309 e. The molecular weight excluding hydrogens is 408 g/mol. The van der Waals surface area contributed by atoms with Crippen LogP contribution < -0.4 is 0 Å². The molecule has 8 atom stereocenters. The SMILES string of the molecule is CC(C)=C[C@@H]1C[C@@H]([C@@H]2CC[C@]3(C)C4=CC[C@H]5C(C)(C)C(=O)CC[C@]5(C)[C@H]4CC[C@@]23C)C(=O)O1. The first-order valence-electron chi connectivity index (χ1n) is 13.4. The van der Waals surface area contributed by atoms with Crippen LogP contribution in [0, 0.1) is 45.3 Å². The van der Waals surface area contributed by atoms with Crippen molar-refractivity contribution in [2.45, 2.75) is 106 Å². The molecular formula is C30H44O3. The van der Waals surface area contributed by atoms with Crippen LogP contribution in [0.4, 0.5) is 0 Å². The van der Waals surface area contributed by atoms with Crippen molar-refractivity contribution in [2.75, 3.05) is 0 Å². The van der Waals surface area contributed by atoms with Gasteiger partial charge in [-0.05, 0) is 92.4 Å². The second-order valence-electron chi connectivity index (χ2n) is 13.6. The highest BCUT2D eigenvalue weighted by Crippen LogP contribution is 2.73. The van der Waals surface area contributed by atoms with E-state index >= 15 is 0 Å². The number of ketones is 1. The van der Waals surface area contributed by atoms with Crippen molar-refractivity contribution in [3.05, 3.63) is 23.3 Å². The van der Waals surface area contributed by atoms with Crippen LogP contribution in [0.3, 0.4) is 0 Å². The summed E-state index contributed by atoms with van der Waals surface area (Å²) in [6.45, 7) is 16.1. The monoisotopic (exact) mass is 452 g/mol. The van der Waals surface area contributed by atoms with Gasteiger partial charge in [-0.3, -0.25) is 9.59 Å². The molecule has 5 aliphatic rings. The lowest BCUT2D eigenvalue weighted by Crippen LogP contribution is -2.57. The Bertz CT molecular complexity index is 936. The van der Waals surface area contributed by atoms with Crippen LogP contribution in [-0.2, 0) is 14.3 Å². The highest BCUT2D eigenvalue weighted by atomic mass is 16.5. The predicted octanol–water partition coefficient (Wildman–Crippen LogP) is 7.06. The molecule has 0 N–H and O–H groups in total. The van der Waals surface area contributed by atoms with Gasteiger partial charge in [0.05, 0.1) is 5.92 Å². The lowest BCUT2D eigenvalue weighted by Gasteiger charge is -2.63. The van der Waals surface area contributed by atoms with Gasteiger partial charge >= 0.3 is 5.97 Å². The van der Waals surface area contributed by atoms with Crippen LogP contribution in [0.2, 0.25) is 0 Å². The highest BCUT2D eigenvalue weighted by molar-refractivity contribution is 5.85. The van der Waals surface area contributed by atoms with Gasteiger partial charge in [0.2, 0.25) is 0 Å². The molecule has 33 heavy (non-hydrogen) atoms. The summed E-state index contributed by atoms with van der Waals surface area (Å²) in [5, 5.41) is 0. The van der Waals surface area contributed by atoms with Crippen molar-refractivity contribution in [1.82, 2.24) is 0 Å². The normalized spacial score (nSPS) is 48.3. The number of hydrogen-bond donors (Lipinski definition) is 0. The second-order valence-corrected chi connectivity index (χ2v) is 13.6. The molecule has 4 aliphatic carbocycles. The van der Waals surface area contributed by atoms with E-state index in [0.29, 0.717) is 23.5 Å². The van der Waals surface area contributed by atoms with E-state index in [0.717, 1.165) is 32.1 Å².